The second kappa shape index (κ2) is 7.79. The van der Waals surface area contributed by atoms with Crippen molar-refractivity contribution in [2.75, 3.05) is 12.8 Å². The lowest BCUT2D eigenvalue weighted by atomic mass is 10.2. The van der Waals surface area contributed by atoms with Gasteiger partial charge in [-0.05, 0) is 27.3 Å². The number of nitrogens with zero attached hydrogens (tertiary/aromatic N) is 3. The van der Waals surface area contributed by atoms with Crippen LogP contribution in [-0.4, -0.2) is 38.9 Å². The highest BCUT2D eigenvalue weighted by Gasteiger charge is 2.14. The molecule has 1 rings (SSSR count). The van der Waals surface area contributed by atoms with E-state index in [2.05, 4.69) is 43.1 Å². The van der Waals surface area contributed by atoms with Crippen molar-refractivity contribution in [3.63, 3.8) is 0 Å². The van der Waals surface area contributed by atoms with Crippen molar-refractivity contribution in [3.05, 3.63) is 12.2 Å². The molecule has 0 bridgehead atoms. The Hall–Kier alpha value is -0.550. The van der Waals surface area contributed by atoms with E-state index >= 15 is 0 Å². The van der Waals surface area contributed by atoms with Crippen LogP contribution in [0.25, 0.3) is 0 Å². The summed E-state index contributed by atoms with van der Waals surface area (Å²) in [6, 6.07) is 0.841. The van der Waals surface area contributed by atoms with Crippen LogP contribution in [0.2, 0.25) is 0 Å². The van der Waals surface area contributed by atoms with E-state index in [4.69, 9.17) is 0 Å². The van der Waals surface area contributed by atoms with Gasteiger partial charge in [0.05, 0.1) is 0 Å². The molecule has 5 heteroatoms. The van der Waals surface area contributed by atoms with Crippen molar-refractivity contribution >= 4 is 11.8 Å². The number of hydrogen-bond donors (Lipinski definition) is 1. The fourth-order valence-electron chi connectivity index (χ4n) is 1.71. The van der Waals surface area contributed by atoms with E-state index in [9.17, 15) is 0 Å². The summed E-state index contributed by atoms with van der Waals surface area (Å²) >= 11 is 2.03. The maximum Gasteiger partial charge on any atom is 0.138 e. The molecular weight excluding hydrogens is 244 g/mol. The van der Waals surface area contributed by atoms with Crippen molar-refractivity contribution < 1.29 is 0 Å². The van der Waals surface area contributed by atoms with Gasteiger partial charge in [-0.15, -0.1) is 0 Å². The van der Waals surface area contributed by atoms with Crippen LogP contribution in [0.15, 0.2) is 6.33 Å². The molecule has 1 aromatic rings. The molecule has 0 amide bonds. The highest BCUT2D eigenvalue weighted by molar-refractivity contribution is 7.99. The van der Waals surface area contributed by atoms with Crippen LogP contribution in [0.3, 0.4) is 0 Å². The van der Waals surface area contributed by atoms with Crippen LogP contribution >= 0.6 is 11.8 Å². The molecule has 1 N–H and O–H groups in total. The van der Waals surface area contributed by atoms with Gasteiger partial charge in [0.25, 0.3) is 0 Å². The standard InChI is InChI=1S/C13H26N4S/c1-6-11(4)18-8-12(14-5)7-13-15-9-16-17(13)10(2)3/h9-12,14H,6-8H2,1-5H3. The largest absolute Gasteiger partial charge is 0.316 e. The van der Waals surface area contributed by atoms with E-state index in [1.807, 2.05) is 23.5 Å². The second-order valence-corrected chi connectivity index (χ2v) is 6.43. The van der Waals surface area contributed by atoms with Gasteiger partial charge in [0.1, 0.15) is 12.2 Å². The molecule has 0 aliphatic carbocycles. The molecule has 18 heavy (non-hydrogen) atoms. The molecule has 1 aromatic heterocycles. The van der Waals surface area contributed by atoms with Gasteiger partial charge in [-0.25, -0.2) is 9.67 Å². The number of likely N-dealkylation sites (N-methyl/N-ethyl adjacent to an activating group) is 1. The Labute approximate surface area is 115 Å². The van der Waals surface area contributed by atoms with Crippen molar-refractivity contribution in [2.45, 2.75) is 57.9 Å². The van der Waals surface area contributed by atoms with Gasteiger partial charge in [0, 0.05) is 29.5 Å². The van der Waals surface area contributed by atoms with Crippen molar-refractivity contribution in [1.29, 1.82) is 0 Å². The van der Waals surface area contributed by atoms with Gasteiger partial charge >= 0.3 is 0 Å². The van der Waals surface area contributed by atoms with Gasteiger partial charge < -0.3 is 5.32 Å². The molecule has 2 atom stereocenters. The Morgan fingerprint density at radius 1 is 1.39 bits per heavy atom. The first-order valence-electron chi connectivity index (χ1n) is 6.75. The average Bonchev–Trinajstić information content (AvgIpc) is 2.82. The smallest absolute Gasteiger partial charge is 0.138 e. The molecule has 0 aliphatic rings. The maximum absolute atomic E-state index is 4.38. The first-order chi connectivity index (χ1) is 8.58. The van der Waals surface area contributed by atoms with Gasteiger partial charge in [0.15, 0.2) is 0 Å². The number of aromatic nitrogens is 3. The summed E-state index contributed by atoms with van der Waals surface area (Å²) in [6.45, 7) is 8.80. The average molecular weight is 270 g/mol. The summed E-state index contributed by atoms with van der Waals surface area (Å²) < 4.78 is 2.01. The van der Waals surface area contributed by atoms with Crippen molar-refractivity contribution in [3.8, 4) is 0 Å². The van der Waals surface area contributed by atoms with Crippen LogP contribution in [0.4, 0.5) is 0 Å². The second-order valence-electron chi connectivity index (χ2n) is 4.96. The molecule has 0 fully saturated rings. The third kappa shape index (κ3) is 4.61. The minimum atomic E-state index is 0.377. The minimum Gasteiger partial charge on any atom is -0.316 e. The Morgan fingerprint density at radius 2 is 2.11 bits per heavy atom. The van der Waals surface area contributed by atoms with Gasteiger partial charge in [-0.2, -0.15) is 16.9 Å². The number of rotatable bonds is 8. The zero-order chi connectivity index (χ0) is 13.5. The fraction of sp³-hybridized carbons (Fsp3) is 0.846. The predicted molar refractivity (Wildman–Crippen MR) is 79.2 cm³/mol. The molecular formula is C13H26N4S. The first-order valence-corrected chi connectivity index (χ1v) is 7.80. The molecule has 0 saturated heterocycles. The zero-order valence-electron chi connectivity index (χ0n) is 12.2. The Bertz CT molecular complexity index is 337. The highest BCUT2D eigenvalue weighted by Crippen LogP contribution is 2.16. The van der Waals surface area contributed by atoms with Crippen molar-refractivity contribution in [1.82, 2.24) is 20.1 Å². The molecule has 2 unspecified atom stereocenters. The topological polar surface area (TPSA) is 42.7 Å². The molecule has 0 aromatic carbocycles. The Kier molecular flexibility index (Phi) is 6.71. The lowest BCUT2D eigenvalue weighted by Gasteiger charge is -2.18. The lowest BCUT2D eigenvalue weighted by Crippen LogP contribution is -2.32. The van der Waals surface area contributed by atoms with Crippen LogP contribution < -0.4 is 5.32 Å². The Balaban J connectivity index is 2.54. The summed E-state index contributed by atoms with van der Waals surface area (Å²) in [7, 11) is 2.03. The normalized spacial score (nSPS) is 15.0. The fourth-order valence-corrected chi connectivity index (χ4v) is 2.80. The van der Waals surface area contributed by atoms with Crippen molar-refractivity contribution in [2.24, 2.45) is 0 Å². The summed E-state index contributed by atoms with van der Waals surface area (Å²) in [5, 5.41) is 8.40. The first kappa shape index (κ1) is 15.5. The number of hydrogen-bond acceptors (Lipinski definition) is 4. The molecule has 0 aliphatic heterocycles. The SMILES string of the molecule is CCC(C)SCC(Cc1ncnn1C(C)C)NC. The zero-order valence-corrected chi connectivity index (χ0v) is 13.0. The molecule has 4 nitrogen and oxygen atoms in total. The minimum absolute atomic E-state index is 0.377. The molecule has 104 valence electrons. The molecule has 1 heterocycles. The maximum atomic E-state index is 4.38. The number of thioether (sulfide) groups is 1. The monoisotopic (exact) mass is 270 g/mol. The third-order valence-electron chi connectivity index (χ3n) is 3.13. The third-order valence-corrected chi connectivity index (χ3v) is 4.63. The molecule has 0 spiro atoms. The van der Waals surface area contributed by atoms with Crippen LogP contribution in [0.1, 0.15) is 46.0 Å². The summed E-state index contributed by atoms with van der Waals surface area (Å²) in [4.78, 5) is 4.38. The van der Waals surface area contributed by atoms with Gasteiger partial charge in [-0.1, -0.05) is 13.8 Å². The van der Waals surface area contributed by atoms with Crippen LogP contribution in [0, 0.1) is 0 Å². The van der Waals surface area contributed by atoms with E-state index in [1.54, 1.807) is 6.33 Å². The molecule has 0 saturated carbocycles. The van der Waals surface area contributed by atoms with Gasteiger partial charge in [-0.3, -0.25) is 0 Å². The van der Waals surface area contributed by atoms with Gasteiger partial charge in [0.2, 0.25) is 0 Å². The van der Waals surface area contributed by atoms with Crippen LogP contribution in [0.5, 0.6) is 0 Å². The van der Waals surface area contributed by atoms with E-state index in [1.165, 1.54) is 6.42 Å². The Morgan fingerprint density at radius 3 is 2.67 bits per heavy atom. The van der Waals surface area contributed by atoms with Crippen LogP contribution in [-0.2, 0) is 6.42 Å². The van der Waals surface area contributed by atoms with E-state index in [0.29, 0.717) is 12.1 Å². The molecule has 0 radical (unpaired) electrons. The number of nitrogens with one attached hydrogen (secondary N) is 1. The highest BCUT2D eigenvalue weighted by atomic mass is 32.2. The summed E-state index contributed by atoms with van der Waals surface area (Å²) in [6.07, 6.45) is 3.82. The summed E-state index contributed by atoms with van der Waals surface area (Å²) in [5.74, 6) is 2.20. The van der Waals surface area contributed by atoms with E-state index in [0.717, 1.165) is 23.2 Å². The quantitative estimate of drug-likeness (QED) is 0.788. The lowest BCUT2D eigenvalue weighted by molar-refractivity contribution is 0.484. The van der Waals surface area contributed by atoms with E-state index < -0.39 is 0 Å². The predicted octanol–water partition coefficient (Wildman–Crippen LogP) is 2.52. The van der Waals surface area contributed by atoms with E-state index in [-0.39, 0.29) is 0 Å². The summed E-state index contributed by atoms with van der Waals surface area (Å²) in [5.41, 5.74) is 0.